The molecule has 2 aromatic carbocycles. The highest BCUT2D eigenvalue weighted by Crippen LogP contribution is 2.56. The molecule has 2 atom stereocenters. The van der Waals surface area contributed by atoms with Crippen LogP contribution in [0.25, 0.3) is 11.8 Å². The Bertz CT molecular complexity index is 1120. The number of hydrogen-bond donors (Lipinski definition) is 1. The van der Waals surface area contributed by atoms with Crippen molar-refractivity contribution in [3.63, 3.8) is 0 Å². The van der Waals surface area contributed by atoms with Gasteiger partial charge in [-0.05, 0) is 85.7 Å². The zero-order valence-corrected chi connectivity index (χ0v) is 16.9. The maximum atomic E-state index is 13.3. The first-order chi connectivity index (χ1) is 14.4. The van der Waals surface area contributed by atoms with Crippen LogP contribution in [0.3, 0.4) is 0 Å². The van der Waals surface area contributed by atoms with Crippen molar-refractivity contribution in [2.24, 2.45) is 5.41 Å². The Balaban J connectivity index is 1.43. The van der Waals surface area contributed by atoms with Crippen LogP contribution in [0.15, 0.2) is 60.3 Å². The third-order valence-corrected chi connectivity index (χ3v) is 7.10. The summed E-state index contributed by atoms with van der Waals surface area (Å²) in [6.07, 6.45) is 7.63. The predicted molar refractivity (Wildman–Crippen MR) is 112 cm³/mol. The van der Waals surface area contributed by atoms with E-state index < -0.39 is 5.60 Å². The van der Waals surface area contributed by atoms with E-state index in [0.717, 1.165) is 35.3 Å². The van der Waals surface area contributed by atoms with Gasteiger partial charge in [0.2, 0.25) is 0 Å². The van der Waals surface area contributed by atoms with E-state index in [9.17, 15) is 13.9 Å². The fraction of sp³-hybridized carbons (Fsp3) is 0.320. The van der Waals surface area contributed by atoms with Crippen molar-refractivity contribution < 1.29 is 13.9 Å². The molecule has 2 aliphatic carbocycles. The van der Waals surface area contributed by atoms with E-state index in [1.54, 1.807) is 24.3 Å². The smallest absolute Gasteiger partial charge is 0.123 e. The zero-order chi connectivity index (χ0) is 20.9. The molecule has 0 unspecified atom stereocenters. The van der Waals surface area contributed by atoms with E-state index in [1.165, 1.54) is 29.8 Å². The molecule has 1 fully saturated rings. The van der Waals surface area contributed by atoms with Crippen molar-refractivity contribution in [2.45, 2.75) is 44.6 Å². The summed E-state index contributed by atoms with van der Waals surface area (Å²) in [6, 6.07) is 12.8. The van der Waals surface area contributed by atoms with Gasteiger partial charge in [-0.3, -0.25) is 0 Å². The first-order valence-corrected chi connectivity index (χ1v) is 10.4. The molecule has 1 heterocycles. The fourth-order valence-electron chi connectivity index (χ4n) is 5.12. The third kappa shape index (κ3) is 3.00. The van der Waals surface area contributed by atoms with Crippen LogP contribution < -0.4 is 0 Å². The largest absolute Gasteiger partial charge is 0.389 e. The third-order valence-electron chi connectivity index (χ3n) is 7.10. The zero-order valence-electron chi connectivity index (χ0n) is 16.9. The van der Waals surface area contributed by atoms with Crippen LogP contribution in [0.2, 0.25) is 0 Å². The lowest BCUT2D eigenvalue weighted by atomic mass is 9.65. The molecule has 1 N–H and O–H groups in total. The maximum Gasteiger partial charge on any atom is 0.123 e. The lowest BCUT2D eigenvalue weighted by Crippen LogP contribution is -2.45. The molecule has 3 aromatic rings. The van der Waals surface area contributed by atoms with Crippen molar-refractivity contribution in [3.05, 3.63) is 88.8 Å². The molecule has 0 spiro atoms. The van der Waals surface area contributed by atoms with Gasteiger partial charge in [0.05, 0.1) is 23.2 Å². The Morgan fingerprint density at radius 3 is 2.40 bits per heavy atom. The Hall–Kier alpha value is -2.79. The summed E-state index contributed by atoms with van der Waals surface area (Å²) in [4.78, 5) is 0. The number of aryl methyl sites for hydroxylation is 1. The van der Waals surface area contributed by atoms with E-state index in [4.69, 9.17) is 0 Å². The molecule has 0 radical (unpaired) electrons. The predicted octanol–water partition coefficient (Wildman–Crippen LogP) is 5.25. The molecule has 0 saturated heterocycles. The number of benzene rings is 2. The monoisotopic (exact) mass is 406 g/mol. The number of aromatic nitrogens is 2. The minimum Gasteiger partial charge on any atom is -0.389 e. The number of halogens is 2. The number of hydrogen-bond acceptors (Lipinski definition) is 2. The minimum atomic E-state index is -0.817. The molecular weight excluding hydrogens is 382 g/mol. The second-order valence-corrected chi connectivity index (χ2v) is 8.78. The molecule has 2 aliphatic rings. The Kier molecular flexibility index (Phi) is 4.40. The second kappa shape index (κ2) is 6.88. The molecular formula is C25H24F2N2O. The minimum absolute atomic E-state index is 0.242. The lowest BCUT2D eigenvalue weighted by molar-refractivity contribution is -0.0461. The SMILES string of the molecule is C[C@]12Cc3cnn(-c4ccc(F)cc4)c3C=C1CC[C@@]2(O)CCc1ccc(F)cc1. The van der Waals surface area contributed by atoms with Crippen molar-refractivity contribution in [2.75, 3.05) is 0 Å². The molecule has 30 heavy (non-hydrogen) atoms. The van der Waals surface area contributed by atoms with Gasteiger partial charge in [-0.15, -0.1) is 0 Å². The van der Waals surface area contributed by atoms with Gasteiger partial charge in [-0.25, -0.2) is 13.5 Å². The van der Waals surface area contributed by atoms with Crippen LogP contribution >= 0.6 is 0 Å². The van der Waals surface area contributed by atoms with Crippen LogP contribution in [0.5, 0.6) is 0 Å². The Labute approximate surface area is 174 Å². The molecule has 0 bridgehead atoms. The van der Waals surface area contributed by atoms with E-state index >= 15 is 0 Å². The van der Waals surface area contributed by atoms with Gasteiger partial charge in [0.15, 0.2) is 0 Å². The van der Waals surface area contributed by atoms with Gasteiger partial charge in [-0.2, -0.15) is 5.10 Å². The number of fused-ring (bicyclic) bond motifs is 2. The lowest BCUT2D eigenvalue weighted by Gasteiger charge is -2.42. The van der Waals surface area contributed by atoms with E-state index in [0.29, 0.717) is 19.3 Å². The van der Waals surface area contributed by atoms with Crippen LogP contribution in [0, 0.1) is 17.0 Å². The Morgan fingerprint density at radius 2 is 1.70 bits per heavy atom. The molecule has 5 heteroatoms. The summed E-state index contributed by atoms with van der Waals surface area (Å²) >= 11 is 0. The van der Waals surface area contributed by atoms with Crippen molar-refractivity contribution in [1.29, 1.82) is 0 Å². The quantitative estimate of drug-likeness (QED) is 0.642. The van der Waals surface area contributed by atoms with E-state index in [-0.39, 0.29) is 17.0 Å². The molecule has 0 amide bonds. The molecule has 1 aromatic heterocycles. The average Bonchev–Trinajstić information content (AvgIpc) is 3.25. The number of nitrogens with zero attached hydrogens (tertiary/aromatic N) is 2. The molecule has 154 valence electrons. The fourth-order valence-corrected chi connectivity index (χ4v) is 5.12. The summed E-state index contributed by atoms with van der Waals surface area (Å²) in [5.41, 5.74) is 4.03. The normalized spacial score (nSPS) is 25.0. The highest BCUT2D eigenvalue weighted by atomic mass is 19.1. The average molecular weight is 406 g/mol. The van der Waals surface area contributed by atoms with Crippen molar-refractivity contribution in [1.82, 2.24) is 9.78 Å². The van der Waals surface area contributed by atoms with E-state index in [1.807, 2.05) is 10.9 Å². The number of aliphatic hydroxyl groups is 1. The van der Waals surface area contributed by atoms with Gasteiger partial charge in [0, 0.05) is 5.41 Å². The topological polar surface area (TPSA) is 38.0 Å². The maximum absolute atomic E-state index is 13.3. The highest BCUT2D eigenvalue weighted by molar-refractivity contribution is 5.62. The molecule has 1 saturated carbocycles. The summed E-state index contributed by atoms with van der Waals surface area (Å²) in [6.45, 7) is 2.15. The van der Waals surface area contributed by atoms with Gasteiger partial charge < -0.3 is 5.11 Å². The summed E-state index contributed by atoms with van der Waals surface area (Å²) < 4.78 is 28.3. The Morgan fingerprint density at radius 1 is 1.03 bits per heavy atom. The summed E-state index contributed by atoms with van der Waals surface area (Å²) in [7, 11) is 0. The van der Waals surface area contributed by atoms with Crippen molar-refractivity contribution >= 4 is 6.08 Å². The van der Waals surface area contributed by atoms with Gasteiger partial charge in [0.1, 0.15) is 11.6 Å². The second-order valence-electron chi connectivity index (χ2n) is 8.78. The highest BCUT2D eigenvalue weighted by Gasteiger charge is 2.54. The molecule has 0 aliphatic heterocycles. The van der Waals surface area contributed by atoms with Crippen LogP contribution in [-0.4, -0.2) is 20.5 Å². The number of rotatable bonds is 4. The molecule has 5 rings (SSSR count). The van der Waals surface area contributed by atoms with Crippen molar-refractivity contribution in [3.8, 4) is 5.69 Å². The first kappa shape index (κ1) is 19.2. The standard InChI is InChI=1S/C25H24F2N2O/c1-24-15-18-16-28-29(22-8-6-21(27)7-9-22)23(18)14-19(24)11-13-25(24,30)12-10-17-2-4-20(26)5-3-17/h2-9,14,16,30H,10-13,15H2,1H3/t24-,25-/m0/s1. The first-order valence-electron chi connectivity index (χ1n) is 10.4. The van der Waals surface area contributed by atoms with E-state index in [2.05, 4.69) is 18.1 Å². The van der Waals surface area contributed by atoms with Crippen LogP contribution in [-0.2, 0) is 12.8 Å². The summed E-state index contributed by atoms with van der Waals surface area (Å²) in [5.74, 6) is -0.513. The van der Waals surface area contributed by atoms with Gasteiger partial charge >= 0.3 is 0 Å². The van der Waals surface area contributed by atoms with Crippen LogP contribution in [0.1, 0.15) is 43.0 Å². The summed E-state index contributed by atoms with van der Waals surface area (Å²) in [5, 5.41) is 16.2. The molecule has 3 nitrogen and oxygen atoms in total. The van der Waals surface area contributed by atoms with Gasteiger partial charge in [0.25, 0.3) is 0 Å². The van der Waals surface area contributed by atoms with Gasteiger partial charge in [-0.1, -0.05) is 24.6 Å². The van der Waals surface area contributed by atoms with Crippen LogP contribution in [0.4, 0.5) is 8.78 Å².